The number of benzene rings is 1. The Kier molecular flexibility index (Phi) is 5.76. The Morgan fingerprint density at radius 1 is 1.29 bits per heavy atom. The number of hydrogen-bond donors (Lipinski definition) is 2. The molecule has 4 nitrogen and oxygen atoms in total. The van der Waals surface area contributed by atoms with E-state index in [1.165, 1.54) is 19.4 Å². The van der Waals surface area contributed by atoms with E-state index in [-0.39, 0.29) is 11.8 Å². The van der Waals surface area contributed by atoms with Gasteiger partial charge in [0, 0.05) is 13.1 Å². The molecule has 1 saturated heterocycles. The Hall–Kier alpha value is -1.39. The molecular weight excluding hydrogens is 260 g/mol. The topological polar surface area (TPSA) is 56.4 Å². The first kappa shape index (κ1) is 16.0. The van der Waals surface area contributed by atoms with Crippen molar-refractivity contribution in [2.45, 2.75) is 18.8 Å². The maximum absolute atomic E-state index is 7.88. The van der Waals surface area contributed by atoms with E-state index in [4.69, 9.17) is 11.1 Å². The van der Waals surface area contributed by atoms with Crippen molar-refractivity contribution in [3.63, 3.8) is 0 Å². The summed E-state index contributed by atoms with van der Waals surface area (Å²) in [5.41, 5.74) is 6.98. The van der Waals surface area contributed by atoms with Crippen molar-refractivity contribution < 1.29 is 0 Å². The van der Waals surface area contributed by atoms with Crippen LogP contribution in [0.25, 0.3) is 0 Å². The van der Waals surface area contributed by atoms with Crippen LogP contribution in [0.5, 0.6) is 0 Å². The first-order chi connectivity index (χ1) is 10.1. The summed E-state index contributed by atoms with van der Waals surface area (Å²) >= 11 is 0. The largest absolute Gasteiger partial charge is 0.387 e. The molecule has 1 heterocycles. The summed E-state index contributed by atoms with van der Waals surface area (Å²) in [5.74, 6) is 1.11. The lowest BCUT2D eigenvalue weighted by atomic mass is 9.93. The van der Waals surface area contributed by atoms with Crippen LogP contribution in [0.1, 0.15) is 24.3 Å². The fourth-order valence-electron chi connectivity index (χ4n) is 3.19. The Morgan fingerprint density at radius 2 is 1.90 bits per heavy atom. The lowest BCUT2D eigenvalue weighted by Gasteiger charge is -2.35. The van der Waals surface area contributed by atoms with E-state index < -0.39 is 0 Å². The molecule has 0 aromatic heterocycles. The van der Waals surface area contributed by atoms with Gasteiger partial charge in [0.05, 0.1) is 11.8 Å². The van der Waals surface area contributed by atoms with Crippen LogP contribution in [-0.4, -0.2) is 55.9 Å². The van der Waals surface area contributed by atoms with E-state index in [0.717, 1.165) is 31.1 Å². The second-order valence-corrected chi connectivity index (χ2v) is 6.42. The number of rotatable bonds is 6. The third-order valence-electron chi connectivity index (χ3n) is 4.35. The molecule has 1 atom stereocenters. The van der Waals surface area contributed by atoms with Gasteiger partial charge in [-0.2, -0.15) is 0 Å². The molecule has 1 fully saturated rings. The van der Waals surface area contributed by atoms with Gasteiger partial charge in [0.25, 0.3) is 0 Å². The number of hydrogen-bond acceptors (Lipinski definition) is 3. The highest BCUT2D eigenvalue weighted by molar-refractivity contribution is 5.84. The van der Waals surface area contributed by atoms with E-state index in [1.807, 2.05) is 18.2 Å². The molecule has 0 spiro atoms. The van der Waals surface area contributed by atoms with Crippen LogP contribution in [-0.2, 0) is 0 Å². The van der Waals surface area contributed by atoms with Crippen LogP contribution < -0.4 is 5.73 Å². The van der Waals surface area contributed by atoms with Gasteiger partial charge in [-0.25, -0.2) is 0 Å². The molecule has 116 valence electrons. The lowest BCUT2D eigenvalue weighted by Crippen LogP contribution is -2.41. The quantitative estimate of drug-likeness (QED) is 0.621. The minimum atomic E-state index is 0.0246. The first-order valence-corrected chi connectivity index (χ1v) is 7.82. The normalized spacial score (nSPS) is 18.8. The second-order valence-electron chi connectivity index (χ2n) is 6.42. The van der Waals surface area contributed by atoms with Gasteiger partial charge in [-0.05, 0) is 51.5 Å². The fraction of sp³-hybridized carbons (Fsp3) is 0.588. The zero-order chi connectivity index (χ0) is 15.2. The number of nitrogens with one attached hydrogen (secondary N) is 1. The third kappa shape index (κ3) is 4.83. The summed E-state index contributed by atoms with van der Waals surface area (Å²) in [7, 11) is 4.29. The molecule has 4 heteroatoms. The van der Waals surface area contributed by atoms with Gasteiger partial charge in [-0.3, -0.25) is 5.41 Å². The monoisotopic (exact) mass is 288 g/mol. The van der Waals surface area contributed by atoms with Crippen molar-refractivity contribution >= 4 is 5.84 Å². The summed E-state index contributed by atoms with van der Waals surface area (Å²) in [4.78, 5) is 4.74. The van der Waals surface area contributed by atoms with E-state index in [0.29, 0.717) is 0 Å². The highest BCUT2D eigenvalue weighted by Crippen LogP contribution is 2.22. The van der Waals surface area contributed by atoms with Crippen molar-refractivity contribution in [2.24, 2.45) is 11.7 Å². The average molecular weight is 288 g/mol. The second kappa shape index (κ2) is 7.57. The minimum Gasteiger partial charge on any atom is -0.387 e. The summed E-state index contributed by atoms with van der Waals surface area (Å²) in [5, 5.41) is 7.88. The zero-order valence-corrected chi connectivity index (χ0v) is 13.3. The Bertz CT molecular complexity index is 435. The molecule has 0 saturated carbocycles. The predicted molar refractivity (Wildman–Crippen MR) is 88.8 cm³/mol. The van der Waals surface area contributed by atoms with Gasteiger partial charge in [-0.15, -0.1) is 0 Å². The molecule has 0 radical (unpaired) electrons. The SMILES string of the molecule is CN(C)CC1CCN(CC(C(=N)N)c2ccccc2)CC1. The van der Waals surface area contributed by atoms with Crippen LogP contribution >= 0.6 is 0 Å². The molecule has 1 aromatic rings. The Labute approximate surface area is 128 Å². The molecule has 0 aliphatic carbocycles. The van der Waals surface area contributed by atoms with Crippen molar-refractivity contribution in [3.8, 4) is 0 Å². The minimum absolute atomic E-state index is 0.0246. The summed E-state index contributed by atoms with van der Waals surface area (Å²) in [6, 6.07) is 10.2. The van der Waals surface area contributed by atoms with Gasteiger partial charge in [0.2, 0.25) is 0 Å². The van der Waals surface area contributed by atoms with E-state index in [9.17, 15) is 0 Å². The van der Waals surface area contributed by atoms with Crippen molar-refractivity contribution in [2.75, 3.05) is 40.3 Å². The zero-order valence-electron chi connectivity index (χ0n) is 13.3. The first-order valence-electron chi connectivity index (χ1n) is 7.82. The summed E-state index contributed by atoms with van der Waals surface area (Å²) < 4.78 is 0. The van der Waals surface area contributed by atoms with E-state index in [1.54, 1.807) is 0 Å². The number of amidine groups is 1. The molecule has 2 rings (SSSR count). The third-order valence-corrected chi connectivity index (χ3v) is 4.35. The van der Waals surface area contributed by atoms with E-state index in [2.05, 4.69) is 36.0 Å². The highest BCUT2D eigenvalue weighted by atomic mass is 15.1. The van der Waals surface area contributed by atoms with Gasteiger partial charge in [-0.1, -0.05) is 30.3 Å². The van der Waals surface area contributed by atoms with Gasteiger partial charge < -0.3 is 15.5 Å². The Morgan fingerprint density at radius 3 is 2.43 bits per heavy atom. The maximum Gasteiger partial charge on any atom is 0.0995 e. The van der Waals surface area contributed by atoms with Crippen molar-refractivity contribution in [1.29, 1.82) is 5.41 Å². The molecule has 1 aliphatic heterocycles. The van der Waals surface area contributed by atoms with Crippen LogP contribution in [0.15, 0.2) is 30.3 Å². The fourth-order valence-corrected chi connectivity index (χ4v) is 3.19. The summed E-state index contributed by atoms with van der Waals surface area (Å²) in [6.07, 6.45) is 2.50. The van der Waals surface area contributed by atoms with Crippen molar-refractivity contribution in [1.82, 2.24) is 9.80 Å². The lowest BCUT2D eigenvalue weighted by molar-refractivity contribution is 0.161. The summed E-state index contributed by atoms with van der Waals surface area (Å²) in [6.45, 7) is 4.29. The molecule has 1 aliphatic rings. The number of nitrogens with zero attached hydrogens (tertiary/aromatic N) is 2. The Balaban J connectivity index is 1.90. The molecular formula is C17H28N4. The van der Waals surface area contributed by atoms with Crippen LogP contribution in [0.3, 0.4) is 0 Å². The van der Waals surface area contributed by atoms with Crippen LogP contribution in [0.2, 0.25) is 0 Å². The molecule has 3 N–H and O–H groups in total. The molecule has 0 bridgehead atoms. The molecule has 1 unspecified atom stereocenters. The van der Waals surface area contributed by atoms with Gasteiger partial charge in [0.1, 0.15) is 0 Å². The van der Waals surface area contributed by atoms with Crippen molar-refractivity contribution in [3.05, 3.63) is 35.9 Å². The van der Waals surface area contributed by atoms with Crippen LogP contribution in [0.4, 0.5) is 0 Å². The highest BCUT2D eigenvalue weighted by Gasteiger charge is 2.24. The molecule has 0 amide bonds. The standard InChI is InChI=1S/C17H28N4/c1-20(2)12-14-8-10-21(11-9-14)13-16(17(18)19)15-6-4-3-5-7-15/h3-7,14,16H,8-13H2,1-2H3,(H3,18,19). The number of nitrogens with two attached hydrogens (primary N) is 1. The number of likely N-dealkylation sites (tertiary alicyclic amines) is 1. The predicted octanol–water partition coefficient (Wildman–Crippen LogP) is 1.98. The van der Waals surface area contributed by atoms with Crippen LogP contribution in [0, 0.1) is 11.3 Å². The average Bonchev–Trinajstić information content (AvgIpc) is 2.46. The molecule has 21 heavy (non-hydrogen) atoms. The maximum atomic E-state index is 7.88. The number of piperidine rings is 1. The van der Waals surface area contributed by atoms with Gasteiger partial charge in [0.15, 0.2) is 0 Å². The van der Waals surface area contributed by atoms with E-state index >= 15 is 0 Å². The smallest absolute Gasteiger partial charge is 0.0995 e. The molecule has 1 aromatic carbocycles. The van der Waals surface area contributed by atoms with Gasteiger partial charge >= 0.3 is 0 Å².